The Hall–Kier alpha value is -2.13. The van der Waals surface area contributed by atoms with E-state index in [0.717, 1.165) is 28.6 Å². The summed E-state index contributed by atoms with van der Waals surface area (Å²) in [5, 5.41) is 4.47. The minimum atomic E-state index is -0.178. The number of rotatable bonds is 4. The van der Waals surface area contributed by atoms with Crippen molar-refractivity contribution < 1.29 is 8.81 Å². The maximum atomic E-state index is 13.9. The lowest BCUT2D eigenvalue weighted by atomic mass is 9.97. The summed E-state index contributed by atoms with van der Waals surface area (Å²) in [5.74, 6) is -0.178. The molecule has 0 aliphatic carbocycles. The van der Waals surface area contributed by atoms with Crippen LogP contribution in [0.4, 0.5) is 4.39 Å². The molecule has 1 N–H and O–H groups in total. The van der Waals surface area contributed by atoms with Crippen LogP contribution in [0.5, 0.6) is 0 Å². The Morgan fingerprint density at radius 2 is 2.00 bits per heavy atom. The maximum absolute atomic E-state index is 13.9. The van der Waals surface area contributed by atoms with Crippen LogP contribution in [-0.4, -0.2) is 6.54 Å². The number of para-hydroxylation sites is 1. The molecule has 0 saturated carbocycles. The molecule has 3 rings (SSSR count). The first kappa shape index (κ1) is 13.8. The van der Waals surface area contributed by atoms with Crippen LogP contribution in [0, 0.1) is 12.7 Å². The summed E-state index contributed by atoms with van der Waals surface area (Å²) in [6, 6.07) is 13.2. The van der Waals surface area contributed by atoms with Crippen LogP contribution >= 0.6 is 0 Å². The van der Waals surface area contributed by atoms with Crippen molar-refractivity contribution in [1.82, 2.24) is 5.32 Å². The molecule has 0 spiro atoms. The monoisotopic (exact) mass is 283 g/mol. The average Bonchev–Trinajstić information content (AvgIpc) is 2.92. The third-order valence-corrected chi connectivity index (χ3v) is 3.76. The topological polar surface area (TPSA) is 25.2 Å². The van der Waals surface area contributed by atoms with Gasteiger partial charge in [-0.25, -0.2) is 4.39 Å². The van der Waals surface area contributed by atoms with E-state index in [1.165, 1.54) is 0 Å². The average molecular weight is 283 g/mol. The number of nitrogens with one attached hydrogen (secondary N) is 1. The van der Waals surface area contributed by atoms with Crippen molar-refractivity contribution in [3.63, 3.8) is 0 Å². The van der Waals surface area contributed by atoms with Crippen molar-refractivity contribution in [2.45, 2.75) is 19.9 Å². The SMILES string of the molecule is CCNC(c1ccc(C)c(F)c1)c1coc2ccccc12. The van der Waals surface area contributed by atoms with E-state index in [2.05, 4.69) is 5.32 Å². The Morgan fingerprint density at radius 3 is 2.76 bits per heavy atom. The van der Waals surface area contributed by atoms with Crippen molar-refractivity contribution in [2.75, 3.05) is 6.54 Å². The van der Waals surface area contributed by atoms with E-state index in [4.69, 9.17) is 4.42 Å². The smallest absolute Gasteiger partial charge is 0.134 e. The summed E-state index contributed by atoms with van der Waals surface area (Å²) < 4.78 is 19.5. The van der Waals surface area contributed by atoms with Crippen molar-refractivity contribution in [3.05, 3.63) is 71.2 Å². The van der Waals surface area contributed by atoms with E-state index in [0.29, 0.717) is 5.56 Å². The first-order valence-corrected chi connectivity index (χ1v) is 7.16. The molecule has 1 unspecified atom stereocenters. The first-order chi connectivity index (χ1) is 10.2. The molecule has 3 aromatic rings. The van der Waals surface area contributed by atoms with Crippen LogP contribution in [0.2, 0.25) is 0 Å². The quantitative estimate of drug-likeness (QED) is 0.758. The van der Waals surface area contributed by atoms with E-state index in [1.807, 2.05) is 43.3 Å². The molecule has 0 bridgehead atoms. The highest BCUT2D eigenvalue weighted by Crippen LogP contribution is 2.31. The van der Waals surface area contributed by atoms with Gasteiger partial charge in [-0.3, -0.25) is 0 Å². The van der Waals surface area contributed by atoms with Gasteiger partial charge in [-0.15, -0.1) is 0 Å². The number of fused-ring (bicyclic) bond motifs is 1. The molecule has 3 heteroatoms. The maximum Gasteiger partial charge on any atom is 0.134 e. The molecule has 0 amide bonds. The molecule has 2 aromatic carbocycles. The molecular weight excluding hydrogens is 265 g/mol. The molecule has 0 aliphatic rings. The van der Waals surface area contributed by atoms with Gasteiger partial charge in [-0.2, -0.15) is 0 Å². The normalized spacial score (nSPS) is 12.7. The molecule has 0 saturated heterocycles. The highest BCUT2D eigenvalue weighted by Gasteiger charge is 2.19. The summed E-state index contributed by atoms with van der Waals surface area (Å²) in [7, 11) is 0. The Balaban J connectivity index is 2.11. The third-order valence-electron chi connectivity index (χ3n) is 3.76. The van der Waals surface area contributed by atoms with Gasteiger partial charge in [0.25, 0.3) is 0 Å². The number of hydrogen-bond donors (Lipinski definition) is 1. The van der Waals surface area contributed by atoms with Gasteiger partial charge in [0.05, 0.1) is 12.3 Å². The number of furan rings is 1. The van der Waals surface area contributed by atoms with Crippen molar-refractivity contribution in [1.29, 1.82) is 0 Å². The molecule has 0 radical (unpaired) electrons. The highest BCUT2D eigenvalue weighted by atomic mass is 19.1. The zero-order valence-corrected chi connectivity index (χ0v) is 12.2. The highest BCUT2D eigenvalue weighted by molar-refractivity contribution is 5.81. The van der Waals surface area contributed by atoms with E-state index >= 15 is 0 Å². The number of benzene rings is 2. The van der Waals surface area contributed by atoms with Crippen molar-refractivity contribution in [2.24, 2.45) is 0 Å². The fourth-order valence-electron chi connectivity index (χ4n) is 2.62. The molecule has 0 fully saturated rings. The van der Waals surface area contributed by atoms with Gasteiger partial charge in [0.15, 0.2) is 0 Å². The molecule has 1 aromatic heterocycles. The third kappa shape index (κ3) is 2.57. The number of halogens is 1. The number of hydrogen-bond acceptors (Lipinski definition) is 2. The van der Waals surface area contributed by atoms with Gasteiger partial charge in [0, 0.05) is 10.9 Å². The molecule has 1 heterocycles. The van der Waals surface area contributed by atoms with Gasteiger partial charge < -0.3 is 9.73 Å². The number of aryl methyl sites for hydroxylation is 1. The van der Waals surface area contributed by atoms with Gasteiger partial charge >= 0.3 is 0 Å². The summed E-state index contributed by atoms with van der Waals surface area (Å²) in [4.78, 5) is 0. The molecule has 1 atom stereocenters. The van der Waals surface area contributed by atoms with Crippen molar-refractivity contribution in [3.8, 4) is 0 Å². The van der Waals surface area contributed by atoms with E-state index < -0.39 is 0 Å². The molecule has 21 heavy (non-hydrogen) atoms. The summed E-state index contributed by atoms with van der Waals surface area (Å²) in [6.07, 6.45) is 1.76. The summed E-state index contributed by atoms with van der Waals surface area (Å²) in [6.45, 7) is 4.61. The fourth-order valence-corrected chi connectivity index (χ4v) is 2.62. The first-order valence-electron chi connectivity index (χ1n) is 7.16. The Bertz CT molecular complexity index is 763. The van der Waals surface area contributed by atoms with E-state index in [9.17, 15) is 4.39 Å². The predicted molar refractivity (Wildman–Crippen MR) is 82.9 cm³/mol. The summed E-state index contributed by atoms with van der Waals surface area (Å²) >= 11 is 0. The Morgan fingerprint density at radius 1 is 1.19 bits per heavy atom. The largest absolute Gasteiger partial charge is 0.464 e. The van der Waals surface area contributed by atoms with Crippen LogP contribution in [0.15, 0.2) is 53.1 Å². The van der Waals surface area contributed by atoms with Crippen LogP contribution in [0.1, 0.15) is 29.7 Å². The second-order valence-corrected chi connectivity index (χ2v) is 5.19. The molecule has 0 aliphatic heterocycles. The van der Waals surface area contributed by atoms with Crippen LogP contribution in [-0.2, 0) is 0 Å². The van der Waals surface area contributed by atoms with Crippen molar-refractivity contribution >= 4 is 11.0 Å². The molecule has 2 nitrogen and oxygen atoms in total. The minimum absolute atomic E-state index is 0.0752. The zero-order chi connectivity index (χ0) is 14.8. The molecular formula is C18H18FNO. The summed E-state index contributed by atoms with van der Waals surface area (Å²) in [5.41, 5.74) is 3.45. The fraction of sp³-hybridized carbons (Fsp3) is 0.222. The van der Waals surface area contributed by atoms with Gasteiger partial charge in [0.2, 0.25) is 0 Å². The predicted octanol–water partition coefficient (Wildman–Crippen LogP) is 4.58. The van der Waals surface area contributed by atoms with E-state index in [-0.39, 0.29) is 11.9 Å². The lowest BCUT2D eigenvalue weighted by Gasteiger charge is -2.18. The van der Waals surface area contributed by atoms with Crippen LogP contribution < -0.4 is 5.32 Å². The Kier molecular flexibility index (Phi) is 3.76. The second-order valence-electron chi connectivity index (χ2n) is 5.19. The molecule has 108 valence electrons. The lowest BCUT2D eigenvalue weighted by Crippen LogP contribution is -2.21. The van der Waals surface area contributed by atoms with Gasteiger partial charge in [-0.1, -0.05) is 37.3 Å². The van der Waals surface area contributed by atoms with Crippen LogP contribution in [0.25, 0.3) is 11.0 Å². The standard InChI is InChI=1S/C18H18FNO/c1-3-20-18(13-9-8-12(2)16(19)10-13)15-11-21-17-7-5-4-6-14(15)17/h4-11,18,20H,3H2,1-2H3. The lowest BCUT2D eigenvalue weighted by molar-refractivity contribution is 0.577. The Labute approximate surface area is 123 Å². The van der Waals surface area contributed by atoms with Gasteiger partial charge in [0.1, 0.15) is 11.4 Å². The zero-order valence-electron chi connectivity index (χ0n) is 12.2. The van der Waals surface area contributed by atoms with E-state index in [1.54, 1.807) is 19.3 Å². The van der Waals surface area contributed by atoms with Gasteiger partial charge in [-0.05, 0) is 36.7 Å². The minimum Gasteiger partial charge on any atom is -0.464 e. The second kappa shape index (κ2) is 5.70. The van der Waals surface area contributed by atoms with Crippen LogP contribution in [0.3, 0.4) is 0 Å².